The molecule has 0 saturated carbocycles. The molecule has 2 aliphatic rings. The van der Waals surface area contributed by atoms with Crippen LogP contribution in [0.3, 0.4) is 0 Å². The van der Waals surface area contributed by atoms with E-state index in [9.17, 15) is 19.2 Å². The summed E-state index contributed by atoms with van der Waals surface area (Å²) in [7, 11) is 1.55. The number of aryl methyl sites for hydroxylation is 1. The molecule has 4 aromatic carbocycles. The molecule has 4 aromatic rings. The fourth-order valence-corrected chi connectivity index (χ4v) is 5.89. The number of methoxy groups -OCH3 is 1. The number of ketones is 1. The number of morpholine rings is 1. The molecule has 1 atom stereocenters. The van der Waals surface area contributed by atoms with Gasteiger partial charge in [0, 0.05) is 31.0 Å². The number of fused-ring (bicyclic) bond motifs is 1. The minimum atomic E-state index is -1.09. The van der Waals surface area contributed by atoms with E-state index in [1.807, 2.05) is 55.5 Å². The number of carbonyl (C=O) groups excluding carboxylic acids is 4. The number of hydrogen-bond acceptors (Lipinski definition) is 7. The normalized spacial score (nSPS) is 14.9. The van der Waals surface area contributed by atoms with Crippen molar-refractivity contribution in [3.8, 4) is 5.75 Å². The summed E-state index contributed by atoms with van der Waals surface area (Å²) in [6.07, 6.45) is 0. The van der Waals surface area contributed by atoms with Crippen LogP contribution in [-0.4, -0.2) is 68.4 Å². The Kier molecular flexibility index (Phi) is 9.30. The number of anilines is 3. The van der Waals surface area contributed by atoms with Crippen LogP contribution in [0.15, 0.2) is 97.1 Å². The van der Waals surface area contributed by atoms with Gasteiger partial charge in [-0.2, -0.15) is 0 Å². The Morgan fingerprint density at radius 1 is 0.894 bits per heavy atom. The number of ether oxygens (including phenoxy) is 2. The van der Waals surface area contributed by atoms with Crippen LogP contribution in [0, 0.1) is 6.92 Å². The van der Waals surface area contributed by atoms with Gasteiger partial charge in [0.25, 0.3) is 17.6 Å². The Morgan fingerprint density at radius 2 is 1.57 bits per heavy atom. The van der Waals surface area contributed by atoms with Gasteiger partial charge in [-0.15, -0.1) is 0 Å². The lowest BCUT2D eigenvalue weighted by atomic mass is 10.0. The number of Topliss-reactive ketones (excluding diaryl/α,β-unsaturated/α-hetero) is 1. The van der Waals surface area contributed by atoms with Crippen molar-refractivity contribution in [1.82, 2.24) is 4.90 Å². The van der Waals surface area contributed by atoms with E-state index in [1.165, 1.54) is 9.80 Å². The first kappa shape index (κ1) is 31.5. The van der Waals surface area contributed by atoms with Crippen molar-refractivity contribution < 1.29 is 28.7 Å². The van der Waals surface area contributed by atoms with Gasteiger partial charge in [0.1, 0.15) is 18.3 Å². The van der Waals surface area contributed by atoms with Gasteiger partial charge in [0.05, 0.1) is 31.6 Å². The molecule has 0 aromatic heterocycles. The van der Waals surface area contributed by atoms with Crippen molar-refractivity contribution in [1.29, 1.82) is 0 Å². The van der Waals surface area contributed by atoms with E-state index in [1.54, 1.807) is 55.6 Å². The molecule has 10 nitrogen and oxygen atoms in total. The second-order valence-electron chi connectivity index (χ2n) is 11.6. The maximum absolute atomic E-state index is 14.3. The molecule has 1 fully saturated rings. The fraction of sp³-hybridized carbons (Fsp3) is 0.243. The van der Waals surface area contributed by atoms with Crippen LogP contribution < -0.4 is 19.9 Å². The second kappa shape index (κ2) is 13.9. The molecule has 6 rings (SSSR count). The largest absolute Gasteiger partial charge is 0.497 e. The van der Waals surface area contributed by atoms with Crippen molar-refractivity contribution in [3.05, 3.63) is 119 Å². The first-order valence-corrected chi connectivity index (χ1v) is 15.5. The zero-order chi connectivity index (χ0) is 32.9. The van der Waals surface area contributed by atoms with E-state index >= 15 is 0 Å². The Bertz CT molecular complexity index is 1770. The molecule has 0 radical (unpaired) electrons. The molecule has 0 bridgehead atoms. The summed E-state index contributed by atoms with van der Waals surface area (Å²) in [6.45, 7) is 4.54. The van der Waals surface area contributed by atoms with Gasteiger partial charge in [-0.3, -0.25) is 24.1 Å². The summed E-state index contributed by atoms with van der Waals surface area (Å²) >= 11 is 0. The number of benzene rings is 4. The van der Waals surface area contributed by atoms with Gasteiger partial charge >= 0.3 is 0 Å². The number of nitrogens with one attached hydrogen (secondary N) is 1. The zero-order valence-electron chi connectivity index (χ0n) is 26.3. The Labute approximate surface area is 273 Å². The van der Waals surface area contributed by atoms with Gasteiger partial charge in [-0.25, -0.2) is 0 Å². The topological polar surface area (TPSA) is 108 Å². The summed E-state index contributed by atoms with van der Waals surface area (Å²) in [6, 6.07) is 27.8. The number of carbonyl (C=O) groups is 4. The molecule has 0 spiro atoms. The van der Waals surface area contributed by atoms with E-state index in [4.69, 9.17) is 9.47 Å². The second-order valence-corrected chi connectivity index (χ2v) is 11.6. The number of para-hydroxylation sites is 1. The number of amides is 3. The molecule has 3 amide bonds. The molecule has 0 aliphatic carbocycles. The smallest absolute Gasteiger partial charge is 0.299 e. The summed E-state index contributed by atoms with van der Waals surface area (Å²) in [4.78, 5) is 59.3. The lowest BCUT2D eigenvalue weighted by molar-refractivity contribution is -0.139. The molecule has 47 heavy (non-hydrogen) atoms. The molecule has 240 valence electrons. The first-order chi connectivity index (χ1) is 22.8. The molecule has 10 heteroatoms. The highest BCUT2D eigenvalue weighted by molar-refractivity contribution is 6.52. The molecular formula is C37H36N4O6. The quantitative estimate of drug-likeness (QED) is 0.251. The van der Waals surface area contributed by atoms with Crippen molar-refractivity contribution >= 4 is 40.6 Å². The highest BCUT2D eigenvalue weighted by Gasteiger charge is 2.39. The minimum absolute atomic E-state index is 0.0802. The summed E-state index contributed by atoms with van der Waals surface area (Å²) in [5.41, 5.74) is 4.63. The van der Waals surface area contributed by atoms with Gasteiger partial charge in [0.2, 0.25) is 5.91 Å². The number of nitrogens with zero attached hydrogens (tertiary/aromatic N) is 3. The van der Waals surface area contributed by atoms with Gasteiger partial charge in [-0.1, -0.05) is 54.1 Å². The van der Waals surface area contributed by atoms with Crippen LogP contribution in [0.2, 0.25) is 0 Å². The predicted octanol–water partition coefficient (Wildman–Crippen LogP) is 4.78. The summed E-state index contributed by atoms with van der Waals surface area (Å²) in [5, 5.41) is 3.01. The average Bonchev–Trinajstić information content (AvgIpc) is 3.34. The third-order valence-corrected chi connectivity index (χ3v) is 8.47. The molecule has 2 heterocycles. The Balaban J connectivity index is 1.34. The molecule has 1 unspecified atom stereocenters. The van der Waals surface area contributed by atoms with Gasteiger partial charge < -0.3 is 24.6 Å². The standard InChI is InChI=1S/C37H36N4O6/c1-25-7-9-26(10-8-25)23-41(33(42)24-40-32-6-4-3-5-31(32)35(43)37(40)45)34(27-11-17-30(46-2)18-12-27)36(44)38-28-13-15-29(16-14-28)39-19-21-47-22-20-39/h3-18,34H,19-24H2,1-2H3,(H,38,44). The average molecular weight is 633 g/mol. The Morgan fingerprint density at radius 3 is 2.26 bits per heavy atom. The maximum atomic E-state index is 14.3. The van der Waals surface area contributed by atoms with Crippen molar-refractivity contribution in [2.24, 2.45) is 0 Å². The predicted molar refractivity (Wildman–Crippen MR) is 179 cm³/mol. The minimum Gasteiger partial charge on any atom is -0.497 e. The van der Waals surface area contributed by atoms with E-state index < -0.39 is 36.1 Å². The maximum Gasteiger partial charge on any atom is 0.299 e. The van der Waals surface area contributed by atoms with Crippen molar-refractivity contribution in [3.63, 3.8) is 0 Å². The first-order valence-electron chi connectivity index (χ1n) is 15.5. The van der Waals surface area contributed by atoms with Crippen LogP contribution in [0.5, 0.6) is 5.75 Å². The summed E-state index contributed by atoms with van der Waals surface area (Å²) in [5.74, 6) is -1.77. The Hall–Kier alpha value is -5.48. The molecule has 2 aliphatic heterocycles. The zero-order valence-corrected chi connectivity index (χ0v) is 26.3. The van der Waals surface area contributed by atoms with Crippen LogP contribution in [0.25, 0.3) is 0 Å². The molecule has 1 N–H and O–H groups in total. The van der Waals surface area contributed by atoms with Crippen molar-refractivity contribution in [2.45, 2.75) is 19.5 Å². The van der Waals surface area contributed by atoms with E-state index in [-0.39, 0.29) is 12.1 Å². The van der Waals surface area contributed by atoms with Gasteiger partial charge in [0.15, 0.2) is 0 Å². The van der Waals surface area contributed by atoms with Crippen LogP contribution in [0.4, 0.5) is 17.1 Å². The lowest BCUT2D eigenvalue weighted by Crippen LogP contribution is -2.46. The summed E-state index contributed by atoms with van der Waals surface area (Å²) < 4.78 is 10.8. The fourth-order valence-electron chi connectivity index (χ4n) is 5.89. The molecular weight excluding hydrogens is 596 g/mol. The highest BCUT2D eigenvalue weighted by atomic mass is 16.5. The molecule has 1 saturated heterocycles. The third kappa shape index (κ3) is 6.87. The lowest BCUT2D eigenvalue weighted by Gasteiger charge is -2.33. The van der Waals surface area contributed by atoms with Crippen LogP contribution in [0.1, 0.15) is 33.1 Å². The SMILES string of the molecule is COc1ccc(C(C(=O)Nc2ccc(N3CCOCC3)cc2)N(Cc2ccc(C)cc2)C(=O)CN2C(=O)C(=O)c3ccccc32)cc1. The monoisotopic (exact) mass is 632 g/mol. The van der Waals surface area contributed by atoms with Crippen LogP contribution in [-0.2, 0) is 25.7 Å². The van der Waals surface area contributed by atoms with Crippen molar-refractivity contribution in [2.75, 3.05) is 55.1 Å². The van der Waals surface area contributed by atoms with Crippen LogP contribution >= 0.6 is 0 Å². The van der Waals surface area contributed by atoms with E-state index in [0.717, 1.165) is 29.9 Å². The van der Waals surface area contributed by atoms with E-state index in [0.29, 0.717) is 35.9 Å². The number of hydrogen-bond donors (Lipinski definition) is 1. The number of rotatable bonds is 10. The van der Waals surface area contributed by atoms with E-state index in [2.05, 4.69) is 10.2 Å². The highest BCUT2D eigenvalue weighted by Crippen LogP contribution is 2.31. The third-order valence-electron chi connectivity index (χ3n) is 8.47. The van der Waals surface area contributed by atoms with Gasteiger partial charge in [-0.05, 0) is 66.6 Å².